The molecule has 114 valence electrons. The molecule has 21 heavy (non-hydrogen) atoms. The van der Waals surface area contributed by atoms with E-state index in [0.29, 0.717) is 6.04 Å². The van der Waals surface area contributed by atoms with Gasteiger partial charge in [-0.3, -0.25) is 4.98 Å². The van der Waals surface area contributed by atoms with Crippen molar-refractivity contribution >= 4 is 10.8 Å². The van der Waals surface area contributed by atoms with Gasteiger partial charge in [0.15, 0.2) is 0 Å². The number of pyridine rings is 1. The second-order valence-corrected chi connectivity index (χ2v) is 5.29. The second kappa shape index (κ2) is 8.75. The number of aromatic nitrogens is 1. The maximum Gasteiger partial charge on any atom is 0.0466 e. The van der Waals surface area contributed by atoms with E-state index < -0.39 is 0 Å². The summed E-state index contributed by atoms with van der Waals surface area (Å²) in [7, 11) is 0. The molecule has 1 N–H and O–H groups in total. The van der Waals surface area contributed by atoms with Gasteiger partial charge in [-0.2, -0.15) is 0 Å². The van der Waals surface area contributed by atoms with Gasteiger partial charge in [-0.1, -0.05) is 25.1 Å². The first-order chi connectivity index (χ1) is 10.4. The number of hydrogen-bond acceptors (Lipinski definition) is 3. The molecule has 0 aliphatic heterocycles. The molecule has 0 fully saturated rings. The van der Waals surface area contributed by atoms with Crippen LogP contribution in [-0.4, -0.2) is 24.7 Å². The monoisotopic (exact) mass is 286 g/mol. The Morgan fingerprint density at radius 1 is 1.24 bits per heavy atom. The molecule has 1 unspecified atom stereocenters. The predicted octanol–water partition coefficient (Wildman–Crippen LogP) is 4.09. The van der Waals surface area contributed by atoms with E-state index in [9.17, 15) is 0 Å². The Morgan fingerprint density at radius 3 is 2.95 bits per heavy atom. The van der Waals surface area contributed by atoms with Crippen molar-refractivity contribution in [2.75, 3.05) is 19.8 Å². The third kappa shape index (κ3) is 4.51. The third-order valence-corrected chi connectivity index (χ3v) is 3.72. The van der Waals surface area contributed by atoms with Gasteiger partial charge in [0.2, 0.25) is 0 Å². The summed E-state index contributed by atoms with van der Waals surface area (Å²) in [6.45, 7) is 6.92. The van der Waals surface area contributed by atoms with Crippen LogP contribution in [0.2, 0.25) is 0 Å². The summed E-state index contributed by atoms with van der Waals surface area (Å²) in [5.41, 5.74) is 1.35. The van der Waals surface area contributed by atoms with Crippen molar-refractivity contribution in [3.05, 3.63) is 42.2 Å². The minimum atomic E-state index is 0.373. The van der Waals surface area contributed by atoms with E-state index in [1.54, 1.807) is 0 Å². The van der Waals surface area contributed by atoms with E-state index in [2.05, 4.69) is 41.5 Å². The van der Waals surface area contributed by atoms with Crippen LogP contribution in [-0.2, 0) is 4.74 Å². The lowest BCUT2D eigenvalue weighted by Gasteiger charge is -2.20. The summed E-state index contributed by atoms with van der Waals surface area (Å²) in [6, 6.07) is 8.96. The molecule has 0 saturated heterocycles. The quantitative estimate of drug-likeness (QED) is 0.705. The highest BCUT2D eigenvalue weighted by Gasteiger charge is 2.13. The van der Waals surface area contributed by atoms with Gasteiger partial charge in [0.25, 0.3) is 0 Å². The molecule has 0 aliphatic rings. The van der Waals surface area contributed by atoms with Crippen molar-refractivity contribution in [3.63, 3.8) is 0 Å². The lowest BCUT2D eigenvalue weighted by molar-refractivity contribution is 0.141. The topological polar surface area (TPSA) is 34.1 Å². The average Bonchev–Trinajstić information content (AvgIpc) is 2.54. The zero-order chi connectivity index (χ0) is 14.9. The smallest absolute Gasteiger partial charge is 0.0466 e. The van der Waals surface area contributed by atoms with Crippen LogP contribution in [0.3, 0.4) is 0 Å². The van der Waals surface area contributed by atoms with E-state index in [1.807, 2.05) is 19.3 Å². The largest absolute Gasteiger partial charge is 0.382 e. The average molecular weight is 286 g/mol. The van der Waals surface area contributed by atoms with Crippen LogP contribution < -0.4 is 5.32 Å². The molecule has 1 aromatic heterocycles. The van der Waals surface area contributed by atoms with Gasteiger partial charge in [-0.05, 0) is 49.7 Å². The molecule has 3 heteroatoms. The normalized spacial score (nSPS) is 12.7. The number of fused-ring (bicyclic) bond motifs is 1. The number of nitrogens with one attached hydrogen (secondary N) is 1. The third-order valence-electron chi connectivity index (χ3n) is 3.72. The Bertz CT molecular complexity index is 536. The molecular formula is C18H26N2O. The van der Waals surface area contributed by atoms with Gasteiger partial charge in [-0.15, -0.1) is 0 Å². The zero-order valence-corrected chi connectivity index (χ0v) is 13.1. The molecule has 0 bridgehead atoms. The Kier molecular flexibility index (Phi) is 6.64. The van der Waals surface area contributed by atoms with Crippen LogP contribution in [0.4, 0.5) is 0 Å². The van der Waals surface area contributed by atoms with Gasteiger partial charge in [0.05, 0.1) is 0 Å². The van der Waals surface area contributed by atoms with Crippen LogP contribution in [0.25, 0.3) is 10.8 Å². The first-order valence-corrected chi connectivity index (χ1v) is 8.00. The lowest BCUT2D eigenvalue weighted by atomic mass is 9.97. The molecule has 0 spiro atoms. The highest BCUT2D eigenvalue weighted by atomic mass is 16.5. The molecule has 3 nitrogen and oxygen atoms in total. The number of nitrogens with zero attached hydrogens (tertiary/aromatic N) is 1. The Balaban J connectivity index is 2.17. The van der Waals surface area contributed by atoms with Crippen molar-refractivity contribution < 1.29 is 4.74 Å². The molecular weight excluding hydrogens is 260 g/mol. The summed E-state index contributed by atoms with van der Waals surface area (Å²) < 4.78 is 5.47. The molecule has 1 aromatic carbocycles. The van der Waals surface area contributed by atoms with Crippen LogP contribution in [0.5, 0.6) is 0 Å². The molecule has 1 heterocycles. The van der Waals surface area contributed by atoms with E-state index in [4.69, 9.17) is 4.74 Å². The van der Waals surface area contributed by atoms with Gasteiger partial charge >= 0.3 is 0 Å². The fraction of sp³-hybridized carbons (Fsp3) is 0.500. The first-order valence-electron chi connectivity index (χ1n) is 8.00. The van der Waals surface area contributed by atoms with Crippen LogP contribution >= 0.6 is 0 Å². The number of hydrogen-bond donors (Lipinski definition) is 1. The summed E-state index contributed by atoms with van der Waals surface area (Å²) >= 11 is 0. The summed E-state index contributed by atoms with van der Waals surface area (Å²) in [5.74, 6) is 0. The molecule has 2 aromatic rings. The Morgan fingerprint density at radius 2 is 2.14 bits per heavy atom. The number of benzene rings is 1. The second-order valence-electron chi connectivity index (χ2n) is 5.29. The Hall–Kier alpha value is -1.45. The van der Waals surface area contributed by atoms with Crippen molar-refractivity contribution in [1.82, 2.24) is 10.3 Å². The van der Waals surface area contributed by atoms with E-state index in [-0.39, 0.29) is 0 Å². The van der Waals surface area contributed by atoms with Gasteiger partial charge in [-0.25, -0.2) is 0 Å². The molecule has 2 rings (SSSR count). The molecule has 0 aliphatic carbocycles. The highest BCUT2D eigenvalue weighted by Crippen LogP contribution is 2.26. The highest BCUT2D eigenvalue weighted by molar-refractivity contribution is 5.85. The fourth-order valence-electron chi connectivity index (χ4n) is 2.66. The summed E-state index contributed by atoms with van der Waals surface area (Å²) in [4.78, 5) is 4.29. The maximum absolute atomic E-state index is 5.47. The predicted molar refractivity (Wildman–Crippen MR) is 88.5 cm³/mol. The lowest BCUT2D eigenvalue weighted by Crippen LogP contribution is -2.22. The number of ether oxygens (including phenoxy) is 1. The SMILES string of the molecule is CCCNC(CCCOCC)c1cccc2ccncc12. The first kappa shape index (κ1) is 15.9. The molecule has 0 amide bonds. The van der Waals surface area contributed by atoms with E-state index in [0.717, 1.165) is 39.0 Å². The standard InChI is InChI=1S/C18H26N2O/c1-3-11-20-18(9-6-13-21-4-2)16-8-5-7-15-10-12-19-14-17(15)16/h5,7-8,10,12,14,18,20H,3-4,6,9,11,13H2,1-2H3. The van der Waals surface area contributed by atoms with E-state index >= 15 is 0 Å². The zero-order valence-electron chi connectivity index (χ0n) is 13.1. The van der Waals surface area contributed by atoms with Crippen molar-refractivity contribution in [2.24, 2.45) is 0 Å². The molecule has 0 saturated carbocycles. The minimum absolute atomic E-state index is 0.373. The molecule has 0 radical (unpaired) electrons. The maximum atomic E-state index is 5.47. The van der Waals surface area contributed by atoms with Gasteiger partial charge in [0.1, 0.15) is 0 Å². The van der Waals surface area contributed by atoms with Crippen LogP contribution in [0, 0.1) is 0 Å². The van der Waals surface area contributed by atoms with Crippen LogP contribution in [0.1, 0.15) is 44.7 Å². The van der Waals surface area contributed by atoms with Crippen molar-refractivity contribution in [2.45, 2.75) is 39.2 Å². The fourth-order valence-corrected chi connectivity index (χ4v) is 2.66. The van der Waals surface area contributed by atoms with Crippen molar-refractivity contribution in [1.29, 1.82) is 0 Å². The van der Waals surface area contributed by atoms with Crippen molar-refractivity contribution in [3.8, 4) is 0 Å². The number of rotatable bonds is 9. The van der Waals surface area contributed by atoms with Gasteiger partial charge < -0.3 is 10.1 Å². The van der Waals surface area contributed by atoms with E-state index in [1.165, 1.54) is 16.3 Å². The minimum Gasteiger partial charge on any atom is -0.382 e. The van der Waals surface area contributed by atoms with Crippen LogP contribution in [0.15, 0.2) is 36.7 Å². The molecule has 1 atom stereocenters. The summed E-state index contributed by atoms with van der Waals surface area (Å²) in [5, 5.41) is 6.19. The van der Waals surface area contributed by atoms with Gasteiger partial charge in [0, 0.05) is 37.0 Å². The summed E-state index contributed by atoms with van der Waals surface area (Å²) in [6.07, 6.45) is 7.15. The Labute approximate surface area is 127 Å².